The van der Waals surface area contributed by atoms with Crippen LogP contribution in [0.3, 0.4) is 0 Å². The summed E-state index contributed by atoms with van der Waals surface area (Å²) in [4.78, 5) is 10.8. The molecule has 0 heterocycles. The van der Waals surface area contributed by atoms with E-state index in [2.05, 4.69) is 5.32 Å². The zero-order chi connectivity index (χ0) is 10.6. The molecule has 1 unspecified atom stereocenters. The molecule has 0 aromatic rings. The predicted octanol–water partition coefficient (Wildman–Crippen LogP) is -0.409. The number of aliphatic carboxylic acids is 1. The van der Waals surface area contributed by atoms with Gasteiger partial charge in [0.15, 0.2) is 0 Å². The van der Waals surface area contributed by atoms with Crippen molar-refractivity contribution in [3.8, 4) is 0 Å². The van der Waals surface area contributed by atoms with Crippen LogP contribution in [0.25, 0.3) is 0 Å². The van der Waals surface area contributed by atoms with Gasteiger partial charge < -0.3 is 14.9 Å². The fraction of sp³-hybridized carbons (Fsp3) is 0.889. The number of aliphatic hydroxyl groups is 1. The average Bonchev–Trinajstić information content (AvgIpc) is 2.09. The highest BCUT2D eigenvalue weighted by atomic mass is 16.5. The summed E-state index contributed by atoms with van der Waals surface area (Å²) in [6.07, 6.45) is 2.70. The van der Waals surface area contributed by atoms with Crippen molar-refractivity contribution in [3.05, 3.63) is 0 Å². The highest BCUT2D eigenvalue weighted by Gasteiger charge is 2.39. The second-order valence-corrected chi connectivity index (χ2v) is 3.78. The average molecular weight is 203 g/mol. The fourth-order valence-electron chi connectivity index (χ4n) is 1.66. The van der Waals surface area contributed by atoms with Crippen LogP contribution in [0.4, 0.5) is 0 Å². The van der Waals surface area contributed by atoms with Gasteiger partial charge in [-0.05, 0) is 19.3 Å². The van der Waals surface area contributed by atoms with Crippen molar-refractivity contribution in [2.75, 3.05) is 20.3 Å². The van der Waals surface area contributed by atoms with Crippen LogP contribution in [0.5, 0.6) is 0 Å². The van der Waals surface area contributed by atoms with Crippen molar-refractivity contribution in [2.24, 2.45) is 0 Å². The molecule has 5 nitrogen and oxygen atoms in total. The Morgan fingerprint density at radius 2 is 2.29 bits per heavy atom. The van der Waals surface area contributed by atoms with Crippen LogP contribution in [0.1, 0.15) is 19.3 Å². The predicted molar refractivity (Wildman–Crippen MR) is 50.1 cm³/mol. The van der Waals surface area contributed by atoms with Gasteiger partial charge in [0.05, 0.1) is 13.2 Å². The Balaban J connectivity index is 2.49. The number of methoxy groups -OCH3 is 1. The van der Waals surface area contributed by atoms with E-state index in [1.807, 2.05) is 0 Å². The smallest absolute Gasteiger partial charge is 0.323 e. The van der Waals surface area contributed by atoms with Gasteiger partial charge in [0.1, 0.15) is 6.04 Å². The number of carboxylic acids is 1. The molecule has 1 atom stereocenters. The van der Waals surface area contributed by atoms with Gasteiger partial charge in [-0.3, -0.25) is 10.1 Å². The maximum atomic E-state index is 10.8. The molecule has 1 fully saturated rings. The van der Waals surface area contributed by atoms with Gasteiger partial charge in [0, 0.05) is 12.6 Å². The van der Waals surface area contributed by atoms with Crippen LogP contribution < -0.4 is 5.32 Å². The van der Waals surface area contributed by atoms with E-state index >= 15 is 0 Å². The van der Waals surface area contributed by atoms with E-state index < -0.39 is 12.0 Å². The molecule has 1 aliphatic rings. The van der Waals surface area contributed by atoms with E-state index in [0.717, 1.165) is 19.3 Å². The van der Waals surface area contributed by atoms with Gasteiger partial charge in [0.2, 0.25) is 0 Å². The first-order chi connectivity index (χ1) is 6.63. The maximum Gasteiger partial charge on any atom is 0.323 e. The monoisotopic (exact) mass is 203 g/mol. The molecule has 14 heavy (non-hydrogen) atoms. The Bertz CT molecular complexity index is 197. The van der Waals surface area contributed by atoms with E-state index in [4.69, 9.17) is 14.9 Å². The molecular formula is C9H17NO4. The van der Waals surface area contributed by atoms with Gasteiger partial charge in [-0.2, -0.15) is 0 Å². The minimum atomic E-state index is -0.938. The van der Waals surface area contributed by atoms with Crippen molar-refractivity contribution >= 4 is 5.97 Å². The third-order valence-corrected chi connectivity index (χ3v) is 2.73. The Kier molecular flexibility index (Phi) is 3.86. The summed E-state index contributed by atoms with van der Waals surface area (Å²) in [6, 6.07) is -0.729. The number of ether oxygens (including phenoxy) is 1. The SMILES string of the molecule is COCC(NC1(CO)CCC1)C(=O)O. The summed E-state index contributed by atoms with van der Waals surface area (Å²) in [5.41, 5.74) is -0.387. The minimum absolute atomic E-state index is 0.0134. The lowest BCUT2D eigenvalue weighted by molar-refractivity contribution is -0.142. The van der Waals surface area contributed by atoms with Crippen molar-refractivity contribution in [3.63, 3.8) is 0 Å². The van der Waals surface area contributed by atoms with Crippen LogP contribution in [-0.2, 0) is 9.53 Å². The molecule has 82 valence electrons. The molecule has 0 aromatic heterocycles. The van der Waals surface area contributed by atoms with E-state index in [9.17, 15) is 4.79 Å². The first kappa shape index (κ1) is 11.4. The quantitative estimate of drug-likeness (QED) is 0.547. The number of aliphatic hydroxyl groups excluding tert-OH is 1. The first-order valence-electron chi connectivity index (χ1n) is 4.74. The molecule has 1 rings (SSSR count). The number of hydrogen-bond donors (Lipinski definition) is 3. The molecule has 0 aromatic carbocycles. The molecule has 3 N–H and O–H groups in total. The Morgan fingerprint density at radius 3 is 2.57 bits per heavy atom. The Hall–Kier alpha value is -0.650. The standard InChI is InChI=1S/C9H17NO4/c1-14-5-7(8(12)13)10-9(6-11)3-2-4-9/h7,10-11H,2-6H2,1H3,(H,12,13). The molecule has 0 aliphatic heterocycles. The van der Waals surface area contributed by atoms with Crippen molar-refractivity contribution in [1.29, 1.82) is 0 Å². The maximum absolute atomic E-state index is 10.8. The molecule has 5 heteroatoms. The number of hydrogen-bond acceptors (Lipinski definition) is 4. The molecule has 1 saturated carbocycles. The van der Waals surface area contributed by atoms with Gasteiger partial charge in [-0.1, -0.05) is 0 Å². The summed E-state index contributed by atoms with van der Waals surface area (Å²) >= 11 is 0. The van der Waals surface area contributed by atoms with Gasteiger partial charge in [-0.25, -0.2) is 0 Å². The van der Waals surface area contributed by atoms with Crippen molar-refractivity contribution < 1.29 is 19.7 Å². The van der Waals surface area contributed by atoms with Crippen LogP contribution in [0.2, 0.25) is 0 Å². The van der Waals surface area contributed by atoms with E-state index in [-0.39, 0.29) is 18.8 Å². The van der Waals surface area contributed by atoms with Gasteiger partial charge in [0.25, 0.3) is 0 Å². The van der Waals surface area contributed by atoms with Gasteiger partial charge in [-0.15, -0.1) is 0 Å². The van der Waals surface area contributed by atoms with E-state index in [0.29, 0.717) is 0 Å². The van der Waals surface area contributed by atoms with Crippen LogP contribution in [-0.4, -0.2) is 48.1 Å². The lowest BCUT2D eigenvalue weighted by Gasteiger charge is -2.42. The molecular weight excluding hydrogens is 186 g/mol. The number of rotatable bonds is 6. The normalized spacial score (nSPS) is 21.3. The molecule has 0 radical (unpaired) electrons. The van der Waals surface area contributed by atoms with E-state index in [1.165, 1.54) is 7.11 Å². The highest BCUT2D eigenvalue weighted by Crippen LogP contribution is 2.31. The topological polar surface area (TPSA) is 78.8 Å². The molecule has 0 saturated heterocycles. The summed E-state index contributed by atoms with van der Waals surface area (Å²) in [7, 11) is 1.46. The Morgan fingerprint density at radius 1 is 1.64 bits per heavy atom. The number of carbonyl (C=O) groups is 1. The van der Waals surface area contributed by atoms with Crippen LogP contribution >= 0.6 is 0 Å². The van der Waals surface area contributed by atoms with Crippen LogP contribution in [0.15, 0.2) is 0 Å². The second kappa shape index (κ2) is 4.72. The fourth-order valence-corrected chi connectivity index (χ4v) is 1.66. The second-order valence-electron chi connectivity index (χ2n) is 3.78. The Labute approximate surface area is 83.1 Å². The van der Waals surface area contributed by atoms with Crippen LogP contribution in [0, 0.1) is 0 Å². The summed E-state index contributed by atoms with van der Waals surface area (Å²) in [6.45, 7) is 0.109. The number of carboxylic acid groups (broad SMARTS) is 1. The summed E-state index contributed by atoms with van der Waals surface area (Å²) in [5.74, 6) is -0.938. The van der Waals surface area contributed by atoms with Gasteiger partial charge >= 0.3 is 5.97 Å². The minimum Gasteiger partial charge on any atom is -0.480 e. The third-order valence-electron chi connectivity index (χ3n) is 2.73. The zero-order valence-electron chi connectivity index (χ0n) is 8.32. The zero-order valence-corrected chi connectivity index (χ0v) is 8.32. The highest BCUT2D eigenvalue weighted by molar-refractivity contribution is 5.73. The number of nitrogens with one attached hydrogen (secondary N) is 1. The third kappa shape index (κ3) is 2.43. The lowest BCUT2D eigenvalue weighted by atomic mass is 9.77. The first-order valence-corrected chi connectivity index (χ1v) is 4.74. The summed E-state index contributed by atoms with van der Waals surface area (Å²) in [5, 5.41) is 20.9. The molecule has 0 bridgehead atoms. The summed E-state index contributed by atoms with van der Waals surface area (Å²) < 4.78 is 4.80. The lowest BCUT2D eigenvalue weighted by Crippen LogP contribution is -2.60. The molecule has 1 aliphatic carbocycles. The largest absolute Gasteiger partial charge is 0.480 e. The van der Waals surface area contributed by atoms with Crippen molar-refractivity contribution in [2.45, 2.75) is 30.8 Å². The molecule has 0 amide bonds. The van der Waals surface area contributed by atoms with Crippen molar-refractivity contribution in [1.82, 2.24) is 5.32 Å². The van der Waals surface area contributed by atoms with E-state index in [1.54, 1.807) is 0 Å². The molecule has 0 spiro atoms.